The first-order chi connectivity index (χ1) is 9.21. The molecule has 0 bridgehead atoms. The fourth-order valence-corrected chi connectivity index (χ4v) is 4.05. The first-order valence-corrected chi connectivity index (χ1v) is 7.55. The second-order valence-corrected chi connectivity index (χ2v) is 7.97. The normalized spacial score (nSPS) is 21.2. The van der Waals surface area contributed by atoms with Crippen molar-refractivity contribution in [3.63, 3.8) is 0 Å². The Labute approximate surface area is 127 Å². The summed E-state index contributed by atoms with van der Waals surface area (Å²) in [5.74, 6) is 0. The van der Waals surface area contributed by atoms with E-state index in [0.29, 0.717) is 27.5 Å². The molecule has 3 heteroatoms. The van der Waals surface area contributed by atoms with E-state index in [1.165, 1.54) is 6.42 Å². The van der Waals surface area contributed by atoms with Crippen LogP contribution >= 0.6 is 11.6 Å². The number of hydrogen-bond acceptors (Lipinski definition) is 2. The van der Waals surface area contributed by atoms with Gasteiger partial charge in [-0.3, -0.25) is 0 Å². The predicted molar refractivity (Wildman–Crippen MR) is 85.0 cm³/mol. The Morgan fingerprint density at radius 3 is 2.35 bits per heavy atom. The van der Waals surface area contributed by atoms with Crippen molar-refractivity contribution in [3.05, 3.63) is 28.8 Å². The van der Waals surface area contributed by atoms with Crippen LogP contribution in [0.2, 0.25) is 5.02 Å². The smallest absolute Gasteiger partial charge is 0.0992 e. The minimum Gasteiger partial charge on any atom is -0.381 e. The molecule has 0 aliphatic heterocycles. The molecule has 1 aliphatic carbocycles. The summed E-state index contributed by atoms with van der Waals surface area (Å²) in [6.07, 6.45) is 3.50. The average Bonchev–Trinajstić information content (AvgIpc) is 2.28. The largest absolute Gasteiger partial charge is 0.381 e. The Kier molecular flexibility index (Phi) is 4.02. The van der Waals surface area contributed by atoms with Crippen LogP contribution in [0.5, 0.6) is 0 Å². The van der Waals surface area contributed by atoms with Gasteiger partial charge in [0.1, 0.15) is 0 Å². The molecule has 0 unspecified atom stereocenters. The summed E-state index contributed by atoms with van der Waals surface area (Å²) >= 11 is 6.24. The lowest BCUT2D eigenvalue weighted by molar-refractivity contribution is 0.105. The molecule has 2 nitrogen and oxygen atoms in total. The van der Waals surface area contributed by atoms with Crippen molar-refractivity contribution >= 4 is 17.3 Å². The minimum absolute atomic E-state index is 0.332. The highest BCUT2D eigenvalue weighted by atomic mass is 35.5. The molecule has 0 amide bonds. The predicted octanol–water partition coefficient (Wildman–Crippen LogP) is 5.23. The molecule has 20 heavy (non-hydrogen) atoms. The number of anilines is 1. The summed E-state index contributed by atoms with van der Waals surface area (Å²) in [4.78, 5) is 0. The van der Waals surface area contributed by atoms with Gasteiger partial charge in [0.2, 0.25) is 0 Å². The van der Waals surface area contributed by atoms with E-state index in [0.717, 1.165) is 18.5 Å². The maximum atomic E-state index is 9.00. The van der Waals surface area contributed by atoms with Crippen LogP contribution in [0.25, 0.3) is 0 Å². The van der Waals surface area contributed by atoms with Gasteiger partial charge in [-0.25, -0.2) is 0 Å². The molecule has 1 aliphatic rings. The van der Waals surface area contributed by atoms with E-state index in [4.69, 9.17) is 16.9 Å². The van der Waals surface area contributed by atoms with E-state index in [9.17, 15) is 0 Å². The summed E-state index contributed by atoms with van der Waals surface area (Å²) in [6, 6.07) is 7.96. The highest BCUT2D eigenvalue weighted by Gasteiger charge is 2.38. The molecule has 0 aromatic heterocycles. The minimum atomic E-state index is 0.332. The van der Waals surface area contributed by atoms with Gasteiger partial charge < -0.3 is 5.32 Å². The van der Waals surface area contributed by atoms with Crippen LogP contribution in [0, 0.1) is 22.2 Å². The fraction of sp³-hybridized carbons (Fsp3) is 0.588. The van der Waals surface area contributed by atoms with E-state index >= 15 is 0 Å². The molecule has 1 aromatic rings. The molecule has 1 fully saturated rings. The van der Waals surface area contributed by atoms with Crippen molar-refractivity contribution in [3.8, 4) is 6.07 Å². The van der Waals surface area contributed by atoms with Crippen molar-refractivity contribution in [2.75, 3.05) is 5.32 Å². The molecular weight excluding hydrogens is 268 g/mol. The van der Waals surface area contributed by atoms with Crippen LogP contribution in [0.1, 0.15) is 52.5 Å². The maximum absolute atomic E-state index is 9.00. The molecule has 0 radical (unpaired) electrons. The highest BCUT2D eigenvalue weighted by molar-refractivity contribution is 6.33. The van der Waals surface area contributed by atoms with Gasteiger partial charge in [0, 0.05) is 6.04 Å². The summed E-state index contributed by atoms with van der Waals surface area (Å²) in [5, 5.41) is 13.2. The Morgan fingerprint density at radius 2 is 1.80 bits per heavy atom. The van der Waals surface area contributed by atoms with Gasteiger partial charge >= 0.3 is 0 Å². The van der Waals surface area contributed by atoms with Crippen molar-refractivity contribution < 1.29 is 0 Å². The summed E-state index contributed by atoms with van der Waals surface area (Å²) in [5.41, 5.74) is 2.19. The molecular formula is C17H23ClN2. The Morgan fingerprint density at radius 1 is 1.20 bits per heavy atom. The number of nitrogens with one attached hydrogen (secondary N) is 1. The molecule has 1 N–H and O–H groups in total. The number of halogens is 1. The second-order valence-electron chi connectivity index (χ2n) is 7.56. The first-order valence-electron chi connectivity index (χ1n) is 7.17. The van der Waals surface area contributed by atoms with Gasteiger partial charge in [-0.15, -0.1) is 0 Å². The first kappa shape index (κ1) is 15.2. The van der Waals surface area contributed by atoms with Crippen molar-refractivity contribution in [2.45, 2.75) is 53.0 Å². The monoisotopic (exact) mass is 290 g/mol. The van der Waals surface area contributed by atoms with E-state index in [1.54, 1.807) is 12.1 Å². The SMILES string of the molecule is CC1(C)CC(Nc2cc(C#N)ccc2Cl)CC(C)(C)C1. The zero-order chi connectivity index (χ0) is 15.0. The molecule has 0 heterocycles. The van der Waals surface area contributed by atoms with E-state index in [1.807, 2.05) is 6.07 Å². The Balaban J connectivity index is 2.19. The third-order valence-electron chi connectivity index (χ3n) is 4.01. The van der Waals surface area contributed by atoms with E-state index < -0.39 is 0 Å². The molecule has 1 saturated carbocycles. The summed E-state index contributed by atoms with van der Waals surface area (Å²) in [6.45, 7) is 9.32. The number of rotatable bonds is 2. The Hall–Kier alpha value is -1.20. The third-order valence-corrected chi connectivity index (χ3v) is 4.34. The number of hydrogen-bond donors (Lipinski definition) is 1. The zero-order valence-electron chi connectivity index (χ0n) is 12.8. The lowest BCUT2D eigenvalue weighted by Crippen LogP contribution is -2.40. The van der Waals surface area contributed by atoms with Crippen molar-refractivity contribution in [1.82, 2.24) is 0 Å². The van der Waals surface area contributed by atoms with Crippen LogP contribution in [-0.2, 0) is 0 Å². The lowest BCUT2D eigenvalue weighted by Gasteiger charge is -2.45. The number of nitriles is 1. The van der Waals surface area contributed by atoms with Crippen LogP contribution in [0.4, 0.5) is 5.69 Å². The van der Waals surface area contributed by atoms with Gasteiger partial charge in [-0.2, -0.15) is 5.26 Å². The standard InChI is InChI=1S/C17H23ClN2/c1-16(2)8-13(9-17(3,4)11-16)20-15-7-12(10-19)5-6-14(15)18/h5-7,13,20H,8-9,11H2,1-4H3. The second kappa shape index (κ2) is 5.30. The molecule has 108 valence electrons. The quantitative estimate of drug-likeness (QED) is 0.809. The molecule has 0 atom stereocenters. The van der Waals surface area contributed by atoms with Crippen LogP contribution in [-0.4, -0.2) is 6.04 Å². The molecule has 0 saturated heterocycles. The number of benzene rings is 1. The van der Waals surface area contributed by atoms with E-state index in [2.05, 4.69) is 39.1 Å². The topological polar surface area (TPSA) is 35.8 Å². The molecule has 0 spiro atoms. The van der Waals surface area contributed by atoms with Crippen molar-refractivity contribution in [1.29, 1.82) is 5.26 Å². The average molecular weight is 291 g/mol. The van der Waals surface area contributed by atoms with E-state index in [-0.39, 0.29) is 0 Å². The highest BCUT2D eigenvalue weighted by Crippen LogP contribution is 2.46. The van der Waals surface area contributed by atoms with Gasteiger partial charge in [0.05, 0.1) is 22.3 Å². The maximum Gasteiger partial charge on any atom is 0.0992 e. The van der Waals surface area contributed by atoms with Gasteiger partial charge in [0.25, 0.3) is 0 Å². The van der Waals surface area contributed by atoms with Crippen LogP contribution in [0.3, 0.4) is 0 Å². The number of nitrogens with zero attached hydrogens (tertiary/aromatic N) is 1. The van der Waals surface area contributed by atoms with Crippen molar-refractivity contribution in [2.24, 2.45) is 10.8 Å². The van der Waals surface area contributed by atoms with Gasteiger partial charge in [-0.05, 0) is 48.3 Å². The molecule has 2 rings (SSSR count). The summed E-state index contributed by atoms with van der Waals surface area (Å²) < 4.78 is 0. The Bertz CT molecular complexity index is 524. The van der Waals surface area contributed by atoms with Gasteiger partial charge in [0.15, 0.2) is 0 Å². The lowest BCUT2D eigenvalue weighted by atomic mass is 9.63. The third kappa shape index (κ3) is 3.67. The fourth-order valence-electron chi connectivity index (χ4n) is 3.87. The van der Waals surface area contributed by atoms with Crippen LogP contribution < -0.4 is 5.32 Å². The zero-order valence-corrected chi connectivity index (χ0v) is 13.5. The molecule has 1 aromatic carbocycles. The summed E-state index contributed by atoms with van der Waals surface area (Å²) in [7, 11) is 0. The van der Waals surface area contributed by atoms with Gasteiger partial charge in [-0.1, -0.05) is 39.3 Å². The van der Waals surface area contributed by atoms with Crippen LogP contribution in [0.15, 0.2) is 18.2 Å².